The molecular weight excluding hydrogens is 266 g/mol. The van der Waals surface area contributed by atoms with Gasteiger partial charge >= 0.3 is 0 Å². The van der Waals surface area contributed by atoms with E-state index in [1.54, 1.807) is 11.3 Å². The quantitative estimate of drug-likeness (QED) is 0.824. The van der Waals surface area contributed by atoms with Crippen molar-refractivity contribution in [3.05, 3.63) is 39.3 Å². The minimum atomic E-state index is 0.211. The van der Waals surface area contributed by atoms with Crippen LogP contribution in [0.5, 0.6) is 0 Å². The predicted octanol–water partition coefficient (Wildman–Crippen LogP) is 4.25. The molecule has 18 heavy (non-hydrogen) atoms. The highest BCUT2D eigenvalue weighted by atomic mass is 35.5. The van der Waals surface area contributed by atoms with E-state index < -0.39 is 0 Å². The number of nitrogens with zero attached hydrogens (tertiary/aromatic N) is 1. The molecule has 2 rings (SSSR count). The molecule has 1 aromatic carbocycles. The second-order valence-corrected chi connectivity index (χ2v) is 5.50. The van der Waals surface area contributed by atoms with Gasteiger partial charge in [-0.15, -0.1) is 11.3 Å². The van der Waals surface area contributed by atoms with Crippen molar-refractivity contribution in [2.75, 3.05) is 11.1 Å². The van der Waals surface area contributed by atoms with Crippen LogP contribution in [0, 0.1) is 6.92 Å². The van der Waals surface area contributed by atoms with Crippen LogP contribution in [0.3, 0.4) is 0 Å². The molecule has 5 heteroatoms. The highest BCUT2D eigenvalue weighted by molar-refractivity contribution is 7.09. The molecule has 96 valence electrons. The summed E-state index contributed by atoms with van der Waals surface area (Å²) in [6.07, 6.45) is 2.79. The van der Waals surface area contributed by atoms with Gasteiger partial charge in [-0.2, -0.15) is 0 Å². The van der Waals surface area contributed by atoms with Gasteiger partial charge in [0.1, 0.15) is 5.01 Å². The molecule has 0 radical (unpaired) electrons. The molecular formula is C13H16ClN3S. The first-order valence-corrected chi connectivity index (χ1v) is 7.09. The van der Waals surface area contributed by atoms with Gasteiger partial charge in [-0.3, -0.25) is 0 Å². The van der Waals surface area contributed by atoms with E-state index in [4.69, 9.17) is 17.3 Å². The SMILES string of the molecule is CCC(Nc1cc(Cl)c(N)cc1C)c1nccs1. The lowest BCUT2D eigenvalue weighted by Crippen LogP contribution is -2.10. The molecule has 0 bridgehead atoms. The second-order valence-electron chi connectivity index (χ2n) is 4.16. The van der Waals surface area contributed by atoms with Gasteiger partial charge < -0.3 is 11.1 Å². The minimum Gasteiger partial charge on any atom is -0.398 e. The van der Waals surface area contributed by atoms with Crippen LogP contribution in [0.4, 0.5) is 11.4 Å². The summed E-state index contributed by atoms with van der Waals surface area (Å²) in [4.78, 5) is 4.35. The third-order valence-electron chi connectivity index (χ3n) is 2.83. The number of nitrogens with two attached hydrogens (primary N) is 1. The molecule has 3 nitrogen and oxygen atoms in total. The van der Waals surface area contributed by atoms with Crippen molar-refractivity contribution in [3.8, 4) is 0 Å². The third kappa shape index (κ3) is 2.76. The maximum atomic E-state index is 6.06. The number of anilines is 2. The van der Waals surface area contributed by atoms with Crippen molar-refractivity contribution in [1.82, 2.24) is 4.98 Å². The first kappa shape index (κ1) is 13.2. The van der Waals surface area contributed by atoms with Crippen LogP contribution < -0.4 is 11.1 Å². The van der Waals surface area contributed by atoms with Crippen molar-refractivity contribution in [1.29, 1.82) is 0 Å². The lowest BCUT2D eigenvalue weighted by Gasteiger charge is -2.18. The standard InChI is InChI=1S/C13H16ClN3S/c1-3-11(13-16-4-5-18-13)17-12-7-9(14)10(15)6-8(12)2/h4-7,11,17H,3,15H2,1-2H3. The Hall–Kier alpha value is -1.26. The summed E-state index contributed by atoms with van der Waals surface area (Å²) in [5, 5.41) is 7.13. The largest absolute Gasteiger partial charge is 0.398 e. The van der Waals surface area contributed by atoms with Crippen molar-refractivity contribution in [2.45, 2.75) is 26.3 Å². The predicted molar refractivity (Wildman–Crippen MR) is 79.4 cm³/mol. The fourth-order valence-electron chi connectivity index (χ4n) is 1.79. The molecule has 1 aromatic heterocycles. The van der Waals surface area contributed by atoms with Crippen molar-refractivity contribution < 1.29 is 0 Å². The average Bonchev–Trinajstić information content (AvgIpc) is 2.85. The summed E-state index contributed by atoms with van der Waals surface area (Å²) >= 11 is 7.72. The van der Waals surface area contributed by atoms with E-state index in [1.807, 2.05) is 30.6 Å². The molecule has 0 saturated heterocycles. The Morgan fingerprint density at radius 3 is 2.89 bits per heavy atom. The third-order valence-corrected chi connectivity index (χ3v) is 4.05. The van der Waals surface area contributed by atoms with Crippen LogP contribution >= 0.6 is 22.9 Å². The Labute approximate surface area is 116 Å². The molecule has 1 heterocycles. The average molecular weight is 282 g/mol. The van der Waals surface area contributed by atoms with Crippen LogP contribution in [0.2, 0.25) is 5.02 Å². The molecule has 3 N–H and O–H groups in total. The molecule has 0 spiro atoms. The zero-order chi connectivity index (χ0) is 13.1. The molecule has 2 aromatic rings. The Bertz CT molecular complexity index is 525. The van der Waals surface area contributed by atoms with Gasteiger partial charge in [-0.25, -0.2) is 4.98 Å². The zero-order valence-electron chi connectivity index (χ0n) is 10.4. The number of benzene rings is 1. The maximum Gasteiger partial charge on any atom is 0.115 e. The van der Waals surface area contributed by atoms with Gasteiger partial charge in [0.25, 0.3) is 0 Å². The van der Waals surface area contributed by atoms with Gasteiger partial charge in [0.05, 0.1) is 16.8 Å². The fourth-order valence-corrected chi connectivity index (χ4v) is 2.73. The number of hydrogen-bond acceptors (Lipinski definition) is 4. The lowest BCUT2D eigenvalue weighted by molar-refractivity contribution is 0.741. The topological polar surface area (TPSA) is 50.9 Å². The molecule has 0 amide bonds. The fraction of sp³-hybridized carbons (Fsp3) is 0.308. The number of aryl methyl sites for hydroxylation is 1. The summed E-state index contributed by atoms with van der Waals surface area (Å²) < 4.78 is 0. The number of nitrogens with one attached hydrogen (secondary N) is 1. The highest BCUT2D eigenvalue weighted by Gasteiger charge is 2.13. The maximum absolute atomic E-state index is 6.06. The minimum absolute atomic E-state index is 0.211. The Kier molecular flexibility index (Phi) is 4.09. The zero-order valence-corrected chi connectivity index (χ0v) is 12.0. The summed E-state index contributed by atoms with van der Waals surface area (Å²) in [5.74, 6) is 0. The molecule has 1 unspecified atom stereocenters. The van der Waals surface area contributed by atoms with E-state index in [-0.39, 0.29) is 6.04 Å². The smallest absolute Gasteiger partial charge is 0.115 e. The molecule has 0 aliphatic rings. The van der Waals surface area contributed by atoms with Crippen LogP contribution in [0.1, 0.15) is 30.0 Å². The van der Waals surface area contributed by atoms with Crippen molar-refractivity contribution in [3.63, 3.8) is 0 Å². The van der Waals surface area contributed by atoms with Crippen LogP contribution in [0.25, 0.3) is 0 Å². The van der Waals surface area contributed by atoms with E-state index in [0.717, 1.165) is 22.7 Å². The van der Waals surface area contributed by atoms with E-state index >= 15 is 0 Å². The normalized spacial score (nSPS) is 12.4. The van der Waals surface area contributed by atoms with Gasteiger partial charge in [0, 0.05) is 17.3 Å². The van der Waals surface area contributed by atoms with Gasteiger partial charge in [-0.1, -0.05) is 18.5 Å². The molecule has 0 aliphatic carbocycles. The van der Waals surface area contributed by atoms with Crippen LogP contribution in [-0.2, 0) is 0 Å². The Morgan fingerprint density at radius 2 is 2.28 bits per heavy atom. The molecule has 0 saturated carbocycles. The Balaban J connectivity index is 2.25. The Morgan fingerprint density at radius 1 is 1.50 bits per heavy atom. The van der Waals surface area contributed by atoms with Gasteiger partial charge in [-0.05, 0) is 31.0 Å². The number of nitrogen functional groups attached to an aromatic ring is 1. The summed E-state index contributed by atoms with van der Waals surface area (Å²) in [7, 11) is 0. The highest BCUT2D eigenvalue weighted by Crippen LogP contribution is 2.30. The van der Waals surface area contributed by atoms with E-state index in [0.29, 0.717) is 10.7 Å². The molecule has 0 fully saturated rings. The first-order chi connectivity index (χ1) is 8.61. The van der Waals surface area contributed by atoms with Crippen LogP contribution in [0.15, 0.2) is 23.7 Å². The number of thiazole rings is 1. The first-order valence-electron chi connectivity index (χ1n) is 5.83. The summed E-state index contributed by atoms with van der Waals surface area (Å²) in [6, 6.07) is 3.98. The number of hydrogen-bond donors (Lipinski definition) is 2. The van der Waals surface area contributed by atoms with E-state index in [1.165, 1.54) is 0 Å². The van der Waals surface area contributed by atoms with Crippen LogP contribution in [-0.4, -0.2) is 4.98 Å². The van der Waals surface area contributed by atoms with Gasteiger partial charge in [0.15, 0.2) is 0 Å². The second kappa shape index (κ2) is 5.59. The lowest BCUT2D eigenvalue weighted by atomic mass is 10.1. The number of halogens is 1. The van der Waals surface area contributed by atoms with E-state index in [2.05, 4.69) is 17.2 Å². The molecule has 0 aliphatic heterocycles. The van der Waals surface area contributed by atoms with Gasteiger partial charge in [0.2, 0.25) is 0 Å². The summed E-state index contributed by atoms with van der Waals surface area (Å²) in [5.41, 5.74) is 8.49. The molecule has 1 atom stereocenters. The number of aromatic nitrogens is 1. The van der Waals surface area contributed by atoms with E-state index in [9.17, 15) is 0 Å². The monoisotopic (exact) mass is 281 g/mol. The van der Waals surface area contributed by atoms with Crippen molar-refractivity contribution >= 4 is 34.3 Å². The number of rotatable bonds is 4. The van der Waals surface area contributed by atoms with Crippen molar-refractivity contribution in [2.24, 2.45) is 0 Å². The summed E-state index contributed by atoms with van der Waals surface area (Å²) in [6.45, 7) is 4.15.